The number of hydrogen-bond acceptors (Lipinski definition) is 6. The molecular formula is C32H67NO5. The van der Waals surface area contributed by atoms with Gasteiger partial charge in [-0.25, -0.2) is 0 Å². The summed E-state index contributed by atoms with van der Waals surface area (Å²) in [5.74, 6) is 0.0169. The van der Waals surface area contributed by atoms with Gasteiger partial charge in [0.1, 0.15) is 0 Å². The van der Waals surface area contributed by atoms with Crippen molar-refractivity contribution in [1.82, 2.24) is 4.90 Å². The van der Waals surface area contributed by atoms with Gasteiger partial charge in [-0.3, -0.25) is 9.69 Å². The van der Waals surface area contributed by atoms with E-state index in [4.69, 9.17) is 20.1 Å². The minimum atomic E-state index is 0.0169. The van der Waals surface area contributed by atoms with Gasteiger partial charge in [-0.2, -0.15) is 0 Å². The Labute approximate surface area is 236 Å². The third-order valence-electron chi connectivity index (χ3n) is 6.99. The molecule has 0 aromatic carbocycles. The van der Waals surface area contributed by atoms with Crippen molar-refractivity contribution < 1.29 is 24.9 Å². The van der Waals surface area contributed by atoms with Crippen molar-refractivity contribution in [3.05, 3.63) is 0 Å². The number of rotatable bonds is 29. The first-order valence-corrected chi connectivity index (χ1v) is 16.4. The molecule has 0 bridgehead atoms. The smallest absolute Gasteiger partial charge is 0.305 e. The molecule has 0 aliphatic rings. The molecule has 0 amide bonds. The molecule has 0 heterocycles. The van der Waals surface area contributed by atoms with Crippen molar-refractivity contribution in [2.75, 3.05) is 46.1 Å². The molecule has 0 spiro atoms. The highest BCUT2D eigenvalue weighted by molar-refractivity contribution is 5.69. The van der Waals surface area contributed by atoms with Crippen LogP contribution in [0.25, 0.3) is 0 Å². The zero-order valence-electron chi connectivity index (χ0n) is 25.6. The first-order valence-electron chi connectivity index (χ1n) is 16.4. The summed E-state index contributed by atoms with van der Waals surface area (Å²) in [6.07, 6.45) is 28.5. The highest BCUT2D eigenvalue weighted by Crippen LogP contribution is 2.14. The van der Waals surface area contributed by atoms with Crippen LogP contribution in [0.4, 0.5) is 0 Å². The molecule has 0 saturated carbocycles. The highest BCUT2D eigenvalue weighted by Gasteiger charge is 2.03. The molecule has 38 heavy (non-hydrogen) atoms. The Morgan fingerprint density at radius 3 is 1.16 bits per heavy atom. The normalized spacial score (nSPS) is 11.0. The number of esters is 1. The van der Waals surface area contributed by atoms with E-state index in [0.29, 0.717) is 32.7 Å². The van der Waals surface area contributed by atoms with Crippen LogP contribution in [0.5, 0.6) is 0 Å². The SMILES string of the molecule is CCCCCCCCCCCCCCCCCC(=O)OCCCCCCCC.OCCN(CCO)CCO. The predicted octanol–water partition coefficient (Wildman–Crippen LogP) is 7.42. The average molecular weight is 546 g/mol. The van der Waals surface area contributed by atoms with Gasteiger partial charge in [-0.05, 0) is 12.8 Å². The van der Waals surface area contributed by atoms with E-state index >= 15 is 0 Å². The van der Waals surface area contributed by atoms with Gasteiger partial charge in [-0.15, -0.1) is 0 Å². The molecule has 6 nitrogen and oxygen atoms in total. The van der Waals surface area contributed by atoms with Crippen molar-refractivity contribution in [2.24, 2.45) is 0 Å². The fourth-order valence-corrected chi connectivity index (χ4v) is 4.54. The molecule has 0 radical (unpaired) electrons. The molecule has 0 atom stereocenters. The number of hydrogen-bond donors (Lipinski definition) is 3. The summed E-state index contributed by atoms with van der Waals surface area (Å²) in [5.41, 5.74) is 0. The lowest BCUT2D eigenvalue weighted by Crippen LogP contribution is -2.32. The van der Waals surface area contributed by atoms with E-state index in [-0.39, 0.29) is 25.8 Å². The van der Waals surface area contributed by atoms with Gasteiger partial charge in [-0.1, -0.05) is 136 Å². The molecule has 0 fully saturated rings. The number of nitrogens with zero attached hydrogens (tertiary/aromatic N) is 1. The number of carbonyl (C=O) groups is 1. The van der Waals surface area contributed by atoms with E-state index in [1.54, 1.807) is 4.90 Å². The van der Waals surface area contributed by atoms with Crippen LogP contribution in [0.15, 0.2) is 0 Å². The zero-order valence-corrected chi connectivity index (χ0v) is 25.6. The number of ether oxygens (including phenoxy) is 1. The Kier molecular flexibility index (Phi) is 37.7. The number of carbonyl (C=O) groups excluding carboxylic acids is 1. The van der Waals surface area contributed by atoms with E-state index < -0.39 is 0 Å². The monoisotopic (exact) mass is 546 g/mol. The molecule has 0 aromatic heterocycles. The van der Waals surface area contributed by atoms with Crippen LogP contribution >= 0.6 is 0 Å². The van der Waals surface area contributed by atoms with Crippen LogP contribution in [0.1, 0.15) is 155 Å². The summed E-state index contributed by atoms with van der Waals surface area (Å²) in [4.78, 5) is 13.5. The Bertz CT molecular complexity index is 422. The lowest BCUT2D eigenvalue weighted by molar-refractivity contribution is -0.143. The summed E-state index contributed by atoms with van der Waals surface area (Å²) >= 11 is 0. The Morgan fingerprint density at radius 1 is 0.500 bits per heavy atom. The second-order valence-corrected chi connectivity index (χ2v) is 10.7. The fraction of sp³-hybridized carbons (Fsp3) is 0.969. The molecule has 0 rings (SSSR count). The Morgan fingerprint density at radius 2 is 0.816 bits per heavy atom. The maximum Gasteiger partial charge on any atom is 0.305 e. The molecule has 6 heteroatoms. The van der Waals surface area contributed by atoms with E-state index in [2.05, 4.69) is 13.8 Å². The van der Waals surface area contributed by atoms with Crippen molar-refractivity contribution >= 4 is 5.97 Å². The highest BCUT2D eigenvalue weighted by atomic mass is 16.5. The lowest BCUT2D eigenvalue weighted by atomic mass is 10.0. The second kappa shape index (κ2) is 36.3. The first-order chi connectivity index (χ1) is 18.7. The molecule has 230 valence electrons. The molecular weight excluding hydrogens is 478 g/mol. The fourth-order valence-electron chi connectivity index (χ4n) is 4.54. The molecule has 3 N–H and O–H groups in total. The van der Waals surface area contributed by atoms with Crippen LogP contribution < -0.4 is 0 Å². The number of aliphatic hydroxyl groups excluding tert-OH is 3. The van der Waals surface area contributed by atoms with E-state index in [1.165, 1.54) is 122 Å². The Hall–Kier alpha value is -0.690. The van der Waals surface area contributed by atoms with Gasteiger partial charge in [0.25, 0.3) is 0 Å². The number of unbranched alkanes of at least 4 members (excludes halogenated alkanes) is 19. The predicted molar refractivity (Wildman–Crippen MR) is 162 cm³/mol. The van der Waals surface area contributed by atoms with E-state index in [1.807, 2.05) is 0 Å². The molecule has 0 aromatic rings. The third-order valence-corrected chi connectivity index (χ3v) is 6.99. The first kappa shape index (κ1) is 39.5. The van der Waals surface area contributed by atoms with Crippen LogP contribution in [0.3, 0.4) is 0 Å². The lowest BCUT2D eigenvalue weighted by Gasteiger charge is -2.17. The Balaban J connectivity index is 0. The molecule has 0 saturated heterocycles. The molecule has 0 unspecified atom stereocenters. The van der Waals surface area contributed by atoms with E-state index in [0.717, 1.165) is 12.8 Å². The standard InChI is InChI=1S/C26H52O2.C6H15NO3/c1-3-5-7-9-11-12-13-14-15-16-17-18-19-20-22-24-26(27)28-25-23-21-10-8-6-4-2;8-4-1-7(2-5-9)3-6-10/h3-25H2,1-2H3;8-10H,1-6H2. The van der Waals surface area contributed by atoms with Gasteiger partial charge in [0.2, 0.25) is 0 Å². The van der Waals surface area contributed by atoms with Gasteiger partial charge < -0.3 is 20.1 Å². The topological polar surface area (TPSA) is 90.2 Å². The van der Waals surface area contributed by atoms with Gasteiger partial charge in [0.05, 0.1) is 26.4 Å². The maximum atomic E-state index is 11.7. The maximum absolute atomic E-state index is 11.7. The third kappa shape index (κ3) is 35.3. The van der Waals surface area contributed by atoms with Crippen LogP contribution in [0.2, 0.25) is 0 Å². The van der Waals surface area contributed by atoms with Crippen molar-refractivity contribution in [3.8, 4) is 0 Å². The molecule has 0 aliphatic heterocycles. The summed E-state index contributed by atoms with van der Waals surface area (Å²) in [5, 5.41) is 25.5. The minimum Gasteiger partial charge on any atom is -0.466 e. The van der Waals surface area contributed by atoms with Gasteiger partial charge >= 0.3 is 5.97 Å². The van der Waals surface area contributed by atoms with Crippen LogP contribution in [-0.4, -0.2) is 72.3 Å². The summed E-state index contributed by atoms with van der Waals surface area (Å²) < 4.78 is 5.33. The average Bonchev–Trinajstić information content (AvgIpc) is 2.91. The van der Waals surface area contributed by atoms with Crippen molar-refractivity contribution in [3.63, 3.8) is 0 Å². The van der Waals surface area contributed by atoms with Crippen LogP contribution in [0, 0.1) is 0 Å². The number of aliphatic hydroxyl groups is 3. The minimum absolute atomic E-state index is 0.0169. The van der Waals surface area contributed by atoms with Crippen molar-refractivity contribution in [2.45, 2.75) is 155 Å². The van der Waals surface area contributed by atoms with Gasteiger partial charge in [0, 0.05) is 26.1 Å². The van der Waals surface area contributed by atoms with Crippen molar-refractivity contribution in [1.29, 1.82) is 0 Å². The molecule has 0 aliphatic carbocycles. The summed E-state index contributed by atoms with van der Waals surface area (Å²) in [6.45, 7) is 6.90. The quantitative estimate of drug-likeness (QED) is 0.0669. The summed E-state index contributed by atoms with van der Waals surface area (Å²) in [7, 11) is 0. The summed E-state index contributed by atoms with van der Waals surface area (Å²) in [6, 6.07) is 0. The van der Waals surface area contributed by atoms with Crippen LogP contribution in [-0.2, 0) is 9.53 Å². The second-order valence-electron chi connectivity index (χ2n) is 10.7. The largest absolute Gasteiger partial charge is 0.466 e. The van der Waals surface area contributed by atoms with Gasteiger partial charge in [0.15, 0.2) is 0 Å². The van der Waals surface area contributed by atoms with E-state index in [9.17, 15) is 4.79 Å². The zero-order chi connectivity index (χ0) is 28.4.